The molecule has 0 rings (SSSR count). The fourth-order valence-electron chi connectivity index (χ4n) is 1.71. The van der Waals surface area contributed by atoms with Crippen LogP contribution in [0.1, 0.15) is 66.2 Å². The van der Waals surface area contributed by atoms with Crippen LogP contribution in [-0.4, -0.2) is 12.1 Å². The molecule has 0 aromatic rings. The second-order valence-electron chi connectivity index (χ2n) is 3.93. The van der Waals surface area contributed by atoms with Gasteiger partial charge in [-0.25, -0.2) is 0 Å². The first-order valence-corrected chi connectivity index (χ1v) is 6.04. The Labute approximate surface area is 84.3 Å². The maximum Gasteiger partial charge on any atom is 0.00670 e. The van der Waals surface area contributed by atoms with E-state index in [4.69, 9.17) is 0 Å². The standard InChI is InChI=1S/C12H27N/c1-5-9-10-12(8-4)13-11(6-2)7-3/h11-13H,5-10H2,1-4H3. The van der Waals surface area contributed by atoms with E-state index in [2.05, 4.69) is 33.0 Å². The van der Waals surface area contributed by atoms with Crippen LogP contribution in [0.15, 0.2) is 0 Å². The van der Waals surface area contributed by atoms with Crippen molar-refractivity contribution in [3.63, 3.8) is 0 Å². The van der Waals surface area contributed by atoms with E-state index >= 15 is 0 Å². The van der Waals surface area contributed by atoms with Crippen molar-refractivity contribution < 1.29 is 0 Å². The normalized spacial score (nSPS) is 13.6. The van der Waals surface area contributed by atoms with Gasteiger partial charge >= 0.3 is 0 Å². The molecule has 0 fully saturated rings. The molecule has 80 valence electrons. The van der Waals surface area contributed by atoms with Crippen molar-refractivity contribution in [2.45, 2.75) is 78.3 Å². The minimum atomic E-state index is 0.738. The Bertz CT molecular complexity index is 97.3. The van der Waals surface area contributed by atoms with E-state index in [0.29, 0.717) is 0 Å². The lowest BCUT2D eigenvalue weighted by molar-refractivity contribution is 0.375. The maximum absolute atomic E-state index is 3.74. The van der Waals surface area contributed by atoms with E-state index in [-0.39, 0.29) is 0 Å². The topological polar surface area (TPSA) is 12.0 Å². The van der Waals surface area contributed by atoms with Crippen LogP contribution in [0.3, 0.4) is 0 Å². The van der Waals surface area contributed by atoms with Crippen LogP contribution >= 0.6 is 0 Å². The number of unbranched alkanes of at least 4 members (excludes halogenated alkanes) is 1. The molecule has 0 spiro atoms. The lowest BCUT2D eigenvalue weighted by Crippen LogP contribution is -2.37. The smallest absolute Gasteiger partial charge is 0.00670 e. The van der Waals surface area contributed by atoms with E-state index in [1.807, 2.05) is 0 Å². The third kappa shape index (κ3) is 6.09. The zero-order valence-electron chi connectivity index (χ0n) is 9.90. The molecule has 0 saturated carbocycles. The Balaban J connectivity index is 3.67. The summed E-state index contributed by atoms with van der Waals surface area (Å²) in [6.45, 7) is 9.10. The number of nitrogens with one attached hydrogen (secondary N) is 1. The average Bonchev–Trinajstić information content (AvgIpc) is 2.19. The predicted octanol–water partition coefficient (Wildman–Crippen LogP) is 3.73. The van der Waals surface area contributed by atoms with Gasteiger partial charge in [0, 0.05) is 12.1 Å². The number of rotatable bonds is 8. The highest BCUT2D eigenvalue weighted by molar-refractivity contribution is 4.71. The quantitative estimate of drug-likeness (QED) is 0.607. The van der Waals surface area contributed by atoms with Gasteiger partial charge in [-0.1, -0.05) is 40.5 Å². The SMILES string of the molecule is CCCCC(CC)NC(CC)CC. The molecule has 0 aromatic heterocycles. The van der Waals surface area contributed by atoms with E-state index in [1.165, 1.54) is 38.5 Å². The molecule has 1 unspecified atom stereocenters. The highest BCUT2D eigenvalue weighted by Crippen LogP contribution is 2.07. The fourth-order valence-corrected chi connectivity index (χ4v) is 1.71. The van der Waals surface area contributed by atoms with E-state index in [9.17, 15) is 0 Å². The largest absolute Gasteiger partial charge is 0.311 e. The van der Waals surface area contributed by atoms with Crippen LogP contribution in [0.2, 0.25) is 0 Å². The summed E-state index contributed by atoms with van der Waals surface area (Å²) in [6.07, 6.45) is 7.84. The maximum atomic E-state index is 3.74. The molecular formula is C12H27N. The predicted molar refractivity (Wildman–Crippen MR) is 61.1 cm³/mol. The zero-order valence-corrected chi connectivity index (χ0v) is 9.90. The van der Waals surface area contributed by atoms with Gasteiger partial charge < -0.3 is 5.32 Å². The van der Waals surface area contributed by atoms with Crippen molar-refractivity contribution in [3.05, 3.63) is 0 Å². The monoisotopic (exact) mass is 185 g/mol. The van der Waals surface area contributed by atoms with Crippen molar-refractivity contribution in [2.75, 3.05) is 0 Å². The van der Waals surface area contributed by atoms with Crippen LogP contribution in [0.25, 0.3) is 0 Å². The lowest BCUT2D eigenvalue weighted by Gasteiger charge is -2.23. The minimum absolute atomic E-state index is 0.738. The zero-order chi connectivity index (χ0) is 10.1. The van der Waals surface area contributed by atoms with Crippen molar-refractivity contribution in [2.24, 2.45) is 0 Å². The summed E-state index contributed by atoms with van der Waals surface area (Å²) in [6, 6.07) is 1.49. The van der Waals surface area contributed by atoms with Crippen LogP contribution in [0, 0.1) is 0 Å². The average molecular weight is 185 g/mol. The minimum Gasteiger partial charge on any atom is -0.311 e. The van der Waals surface area contributed by atoms with Gasteiger partial charge in [-0.15, -0.1) is 0 Å². The summed E-state index contributed by atoms with van der Waals surface area (Å²) >= 11 is 0. The van der Waals surface area contributed by atoms with Gasteiger partial charge in [0.2, 0.25) is 0 Å². The van der Waals surface area contributed by atoms with Crippen molar-refractivity contribution in [3.8, 4) is 0 Å². The van der Waals surface area contributed by atoms with Gasteiger partial charge in [0.25, 0.3) is 0 Å². The van der Waals surface area contributed by atoms with Crippen molar-refractivity contribution in [1.29, 1.82) is 0 Å². The van der Waals surface area contributed by atoms with Crippen LogP contribution in [0.5, 0.6) is 0 Å². The van der Waals surface area contributed by atoms with E-state index < -0.39 is 0 Å². The van der Waals surface area contributed by atoms with Gasteiger partial charge in [0.15, 0.2) is 0 Å². The number of hydrogen-bond acceptors (Lipinski definition) is 1. The van der Waals surface area contributed by atoms with E-state index in [1.54, 1.807) is 0 Å². The Morgan fingerprint density at radius 1 is 0.846 bits per heavy atom. The first-order chi connectivity index (χ1) is 6.28. The Morgan fingerprint density at radius 2 is 1.38 bits per heavy atom. The lowest BCUT2D eigenvalue weighted by atomic mass is 10.0. The molecule has 0 aliphatic heterocycles. The van der Waals surface area contributed by atoms with Gasteiger partial charge in [0.05, 0.1) is 0 Å². The molecule has 1 atom stereocenters. The van der Waals surface area contributed by atoms with Crippen LogP contribution in [0.4, 0.5) is 0 Å². The summed E-state index contributed by atoms with van der Waals surface area (Å²) in [7, 11) is 0. The van der Waals surface area contributed by atoms with Crippen molar-refractivity contribution in [1.82, 2.24) is 5.32 Å². The molecular weight excluding hydrogens is 158 g/mol. The molecule has 0 heterocycles. The summed E-state index contributed by atoms with van der Waals surface area (Å²) in [5.74, 6) is 0. The highest BCUT2D eigenvalue weighted by atomic mass is 14.9. The Kier molecular flexibility index (Phi) is 8.53. The molecule has 0 aromatic carbocycles. The van der Waals surface area contributed by atoms with Crippen LogP contribution < -0.4 is 5.32 Å². The third-order valence-corrected chi connectivity index (χ3v) is 2.86. The summed E-state index contributed by atoms with van der Waals surface area (Å²) in [5.41, 5.74) is 0. The molecule has 0 bridgehead atoms. The molecule has 0 radical (unpaired) electrons. The molecule has 0 aliphatic carbocycles. The molecule has 1 nitrogen and oxygen atoms in total. The fraction of sp³-hybridized carbons (Fsp3) is 1.00. The molecule has 0 aliphatic rings. The van der Waals surface area contributed by atoms with Gasteiger partial charge in [-0.3, -0.25) is 0 Å². The first kappa shape index (κ1) is 13.0. The number of hydrogen-bond donors (Lipinski definition) is 1. The summed E-state index contributed by atoms with van der Waals surface area (Å²) in [5, 5.41) is 3.74. The second kappa shape index (κ2) is 8.55. The second-order valence-corrected chi connectivity index (χ2v) is 3.93. The van der Waals surface area contributed by atoms with Gasteiger partial charge in [0.1, 0.15) is 0 Å². The Hall–Kier alpha value is -0.0400. The molecule has 1 heteroatoms. The van der Waals surface area contributed by atoms with Gasteiger partial charge in [-0.2, -0.15) is 0 Å². The van der Waals surface area contributed by atoms with Crippen molar-refractivity contribution >= 4 is 0 Å². The molecule has 1 N–H and O–H groups in total. The highest BCUT2D eigenvalue weighted by Gasteiger charge is 2.09. The molecule has 0 amide bonds. The molecule has 13 heavy (non-hydrogen) atoms. The van der Waals surface area contributed by atoms with Crippen LogP contribution in [-0.2, 0) is 0 Å². The van der Waals surface area contributed by atoms with Gasteiger partial charge in [-0.05, 0) is 25.7 Å². The van der Waals surface area contributed by atoms with E-state index in [0.717, 1.165) is 12.1 Å². The molecule has 0 saturated heterocycles. The third-order valence-electron chi connectivity index (χ3n) is 2.86. The first-order valence-electron chi connectivity index (χ1n) is 6.04. The summed E-state index contributed by atoms with van der Waals surface area (Å²) < 4.78 is 0. The Morgan fingerprint density at radius 3 is 1.77 bits per heavy atom. The summed E-state index contributed by atoms with van der Waals surface area (Å²) in [4.78, 5) is 0.